The van der Waals surface area contributed by atoms with Crippen LogP contribution in [0.3, 0.4) is 0 Å². The van der Waals surface area contributed by atoms with E-state index in [9.17, 15) is 5.11 Å². The summed E-state index contributed by atoms with van der Waals surface area (Å²) >= 11 is 0. The van der Waals surface area contributed by atoms with Crippen LogP contribution in [0.5, 0.6) is 0 Å². The minimum Gasteiger partial charge on any atom is -0.389 e. The van der Waals surface area contributed by atoms with Crippen molar-refractivity contribution in [1.82, 2.24) is 9.78 Å². The van der Waals surface area contributed by atoms with Gasteiger partial charge in [0.15, 0.2) is 0 Å². The fourth-order valence-corrected chi connectivity index (χ4v) is 3.14. The van der Waals surface area contributed by atoms with Gasteiger partial charge in [0.05, 0.1) is 11.8 Å². The van der Waals surface area contributed by atoms with Gasteiger partial charge in [-0.25, -0.2) is 0 Å². The summed E-state index contributed by atoms with van der Waals surface area (Å²) in [6, 6.07) is 0. The quantitative estimate of drug-likeness (QED) is 0.872. The molecule has 0 spiro atoms. The average molecular weight is 236 g/mol. The van der Waals surface area contributed by atoms with Crippen molar-refractivity contribution in [2.45, 2.75) is 65.5 Å². The zero-order chi connectivity index (χ0) is 12.4. The number of aryl methyl sites for hydroxylation is 2. The van der Waals surface area contributed by atoms with Gasteiger partial charge in [0.25, 0.3) is 0 Å². The van der Waals surface area contributed by atoms with Gasteiger partial charge < -0.3 is 5.11 Å². The van der Waals surface area contributed by atoms with Crippen molar-refractivity contribution in [3.05, 3.63) is 17.0 Å². The second-order valence-electron chi connectivity index (χ2n) is 5.42. The van der Waals surface area contributed by atoms with Crippen LogP contribution in [0.25, 0.3) is 0 Å². The zero-order valence-corrected chi connectivity index (χ0v) is 11.2. The molecule has 3 heteroatoms. The average Bonchev–Trinajstić information content (AvgIpc) is 2.84. The van der Waals surface area contributed by atoms with E-state index in [4.69, 9.17) is 0 Å². The van der Waals surface area contributed by atoms with Crippen LogP contribution in [0.15, 0.2) is 0 Å². The highest BCUT2D eigenvalue weighted by Crippen LogP contribution is 2.28. The third-order valence-corrected chi connectivity index (χ3v) is 4.08. The van der Waals surface area contributed by atoms with Crippen LogP contribution in [0, 0.1) is 19.8 Å². The van der Waals surface area contributed by atoms with Crippen LogP contribution in [0.1, 0.15) is 62.1 Å². The molecule has 1 aliphatic carbocycles. The summed E-state index contributed by atoms with van der Waals surface area (Å²) in [6.07, 6.45) is 6.42. The number of aliphatic hydroxyl groups excluding tert-OH is 1. The molecule has 0 radical (unpaired) electrons. The summed E-state index contributed by atoms with van der Waals surface area (Å²) in [4.78, 5) is 0. The van der Waals surface area contributed by atoms with Crippen LogP contribution < -0.4 is 0 Å². The molecule has 17 heavy (non-hydrogen) atoms. The Hall–Kier alpha value is -0.830. The van der Waals surface area contributed by atoms with Gasteiger partial charge in [0.2, 0.25) is 0 Å². The van der Waals surface area contributed by atoms with Gasteiger partial charge in [-0.05, 0) is 33.1 Å². The van der Waals surface area contributed by atoms with Crippen LogP contribution in [-0.4, -0.2) is 14.9 Å². The summed E-state index contributed by atoms with van der Waals surface area (Å²) in [5.41, 5.74) is 3.12. The molecule has 2 rings (SSSR count). The Morgan fingerprint density at radius 2 is 2.00 bits per heavy atom. The predicted octanol–water partition coefficient (Wildman–Crippen LogP) is 3.13. The van der Waals surface area contributed by atoms with E-state index in [1.165, 1.54) is 32.1 Å². The molecule has 0 amide bonds. The minimum absolute atomic E-state index is 0.407. The number of hydrogen-bond donors (Lipinski definition) is 1. The molecule has 0 bridgehead atoms. The van der Waals surface area contributed by atoms with Crippen LogP contribution in [0.2, 0.25) is 0 Å². The molecule has 1 heterocycles. The number of nitrogens with zero attached hydrogens (tertiary/aromatic N) is 2. The lowest BCUT2D eigenvalue weighted by Crippen LogP contribution is -2.07. The monoisotopic (exact) mass is 236 g/mol. The fraction of sp³-hybridized carbons (Fsp3) is 0.786. The van der Waals surface area contributed by atoms with Crippen LogP contribution in [0.4, 0.5) is 0 Å². The molecule has 1 atom stereocenters. The Kier molecular flexibility index (Phi) is 3.87. The molecule has 1 saturated carbocycles. The summed E-state index contributed by atoms with van der Waals surface area (Å²) < 4.78 is 2.08. The van der Waals surface area contributed by atoms with Gasteiger partial charge in [-0.1, -0.05) is 25.7 Å². The molecular formula is C14H24N2O. The van der Waals surface area contributed by atoms with E-state index < -0.39 is 6.10 Å². The number of rotatable bonds is 4. The maximum Gasteiger partial charge on any atom is 0.0797 e. The molecule has 0 aliphatic heterocycles. The van der Waals surface area contributed by atoms with Gasteiger partial charge in [-0.15, -0.1) is 0 Å². The van der Waals surface area contributed by atoms with Gasteiger partial charge in [-0.2, -0.15) is 5.10 Å². The molecule has 0 aromatic carbocycles. The van der Waals surface area contributed by atoms with Crippen molar-refractivity contribution in [2.75, 3.05) is 0 Å². The molecule has 1 fully saturated rings. The zero-order valence-electron chi connectivity index (χ0n) is 11.2. The topological polar surface area (TPSA) is 38.0 Å². The molecule has 1 N–H and O–H groups in total. The highest BCUT2D eigenvalue weighted by Gasteiger charge is 2.18. The molecule has 1 unspecified atom stereocenters. The normalized spacial score (nSPS) is 18.8. The fourth-order valence-electron chi connectivity index (χ4n) is 3.14. The Morgan fingerprint density at radius 1 is 1.35 bits per heavy atom. The van der Waals surface area contributed by atoms with E-state index in [1.54, 1.807) is 0 Å². The van der Waals surface area contributed by atoms with E-state index in [0.29, 0.717) is 0 Å². The first kappa shape index (κ1) is 12.6. The standard InChI is InChI=1S/C14H24N2O/c1-10-14(12(3)17)11(2)16(15-10)9-8-13-6-4-5-7-13/h12-13,17H,4-9H2,1-3H3. The first-order valence-electron chi connectivity index (χ1n) is 6.81. The largest absolute Gasteiger partial charge is 0.389 e. The lowest BCUT2D eigenvalue weighted by molar-refractivity contribution is 0.197. The Labute approximate surface area is 104 Å². The molecular weight excluding hydrogens is 212 g/mol. The molecule has 96 valence electrons. The predicted molar refractivity (Wildman–Crippen MR) is 68.9 cm³/mol. The smallest absolute Gasteiger partial charge is 0.0797 e. The minimum atomic E-state index is -0.407. The SMILES string of the molecule is Cc1nn(CCC2CCCC2)c(C)c1C(C)O. The van der Waals surface area contributed by atoms with E-state index >= 15 is 0 Å². The lowest BCUT2D eigenvalue weighted by Gasteiger charge is -2.10. The third kappa shape index (κ3) is 2.71. The van der Waals surface area contributed by atoms with Gasteiger partial charge in [-0.3, -0.25) is 4.68 Å². The van der Waals surface area contributed by atoms with E-state index in [2.05, 4.69) is 16.7 Å². The second-order valence-corrected chi connectivity index (χ2v) is 5.42. The summed E-state index contributed by atoms with van der Waals surface area (Å²) in [5.74, 6) is 0.897. The summed E-state index contributed by atoms with van der Waals surface area (Å²) in [7, 11) is 0. The van der Waals surface area contributed by atoms with Crippen molar-refractivity contribution in [1.29, 1.82) is 0 Å². The summed E-state index contributed by atoms with van der Waals surface area (Å²) in [6.45, 7) is 6.88. The summed E-state index contributed by atoms with van der Waals surface area (Å²) in [5, 5.41) is 14.3. The van der Waals surface area contributed by atoms with Crippen molar-refractivity contribution >= 4 is 0 Å². The van der Waals surface area contributed by atoms with Gasteiger partial charge >= 0.3 is 0 Å². The Morgan fingerprint density at radius 3 is 2.53 bits per heavy atom. The first-order valence-corrected chi connectivity index (χ1v) is 6.81. The maximum atomic E-state index is 9.73. The Balaban J connectivity index is 2.03. The number of aromatic nitrogens is 2. The molecule has 1 aromatic rings. The van der Waals surface area contributed by atoms with Crippen LogP contribution >= 0.6 is 0 Å². The highest BCUT2D eigenvalue weighted by atomic mass is 16.3. The first-order chi connectivity index (χ1) is 8.09. The van der Waals surface area contributed by atoms with Crippen molar-refractivity contribution in [3.63, 3.8) is 0 Å². The third-order valence-electron chi connectivity index (χ3n) is 4.08. The maximum absolute atomic E-state index is 9.73. The van der Waals surface area contributed by atoms with Gasteiger partial charge in [0, 0.05) is 17.8 Å². The van der Waals surface area contributed by atoms with Crippen molar-refractivity contribution in [2.24, 2.45) is 5.92 Å². The number of hydrogen-bond acceptors (Lipinski definition) is 2. The van der Waals surface area contributed by atoms with E-state index in [1.807, 2.05) is 13.8 Å². The molecule has 0 saturated heterocycles. The Bertz CT molecular complexity index is 376. The van der Waals surface area contributed by atoms with Crippen molar-refractivity contribution < 1.29 is 5.11 Å². The second kappa shape index (κ2) is 5.21. The van der Waals surface area contributed by atoms with Crippen molar-refractivity contribution in [3.8, 4) is 0 Å². The molecule has 1 aliphatic rings. The highest BCUT2D eigenvalue weighted by molar-refractivity contribution is 5.26. The number of aliphatic hydroxyl groups is 1. The van der Waals surface area contributed by atoms with Gasteiger partial charge in [0.1, 0.15) is 0 Å². The van der Waals surface area contributed by atoms with E-state index in [-0.39, 0.29) is 0 Å². The van der Waals surface area contributed by atoms with E-state index in [0.717, 1.165) is 29.4 Å². The van der Waals surface area contributed by atoms with Crippen LogP contribution in [-0.2, 0) is 6.54 Å². The molecule has 3 nitrogen and oxygen atoms in total. The lowest BCUT2D eigenvalue weighted by atomic mass is 10.0. The molecule has 1 aromatic heterocycles.